The zero-order valence-corrected chi connectivity index (χ0v) is 13.2. The quantitative estimate of drug-likeness (QED) is 0.871. The van der Waals surface area contributed by atoms with Crippen molar-refractivity contribution in [2.24, 2.45) is 5.41 Å². The summed E-state index contributed by atoms with van der Waals surface area (Å²) in [5.74, 6) is 0.357. The Labute approximate surface area is 123 Å². The van der Waals surface area contributed by atoms with Gasteiger partial charge in [0.25, 0.3) is 0 Å². The van der Waals surface area contributed by atoms with Gasteiger partial charge in [-0.25, -0.2) is 0 Å². The third-order valence-corrected chi connectivity index (χ3v) is 4.33. The molecule has 3 heteroatoms. The molecule has 0 amide bonds. The van der Waals surface area contributed by atoms with E-state index in [0.717, 1.165) is 19.6 Å². The van der Waals surface area contributed by atoms with E-state index in [9.17, 15) is 5.11 Å². The van der Waals surface area contributed by atoms with Crippen LogP contribution in [0.15, 0.2) is 24.3 Å². The minimum Gasteiger partial charge on any atom is -0.508 e. The number of phenols is 1. The molecule has 0 aliphatic carbocycles. The predicted octanol–water partition coefficient (Wildman–Crippen LogP) is 2.99. The molecule has 1 fully saturated rings. The second-order valence-corrected chi connectivity index (χ2v) is 7.11. The molecule has 2 N–H and O–H groups in total. The van der Waals surface area contributed by atoms with Crippen LogP contribution in [0.3, 0.4) is 0 Å². The lowest BCUT2D eigenvalue weighted by atomic mass is 9.86. The molecule has 3 nitrogen and oxygen atoms in total. The largest absolute Gasteiger partial charge is 0.508 e. The molecule has 1 aromatic rings. The van der Waals surface area contributed by atoms with Crippen molar-refractivity contribution in [2.75, 3.05) is 13.1 Å². The zero-order chi connectivity index (χ0) is 14.8. The van der Waals surface area contributed by atoms with Crippen molar-refractivity contribution in [2.45, 2.75) is 52.7 Å². The van der Waals surface area contributed by atoms with Gasteiger partial charge in [-0.2, -0.15) is 0 Å². The van der Waals surface area contributed by atoms with Crippen molar-refractivity contribution >= 4 is 0 Å². The highest BCUT2D eigenvalue weighted by Gasteiger charge is 2.30. The van der Waals surface area contributed by atoms with Gasteiger partial charge in [-0.1, -0.05) is 32.9 Å². The second-order valence-electron chi connectivity index (χ2n) is 7.11. The average molecular weight is 276 g/mol. The van der Waals surface area contributed by atoms with Gasteiger partial charge in [-0.05, 0) is 43.0 Å². The fraction of sp³-hybridized carbons (Fsp3) is 0.647. The molecular weight excluding hydrogens is 248 g/mol. The highest BCUT2D eigenvalue weighted by Crippen LogP contribution is 2.24. The Hall–Kier alpha value is -1.06. The van der Waals surface area contributed by atoms with E-state index in [1.165, 1.54) is 12.0 Å². The summed E-state index contributed by atoms with van der Waals surface area (Å²) in [6, 6.07) is 8.69. The lowest BCUT2D eigenvalue weighted by Crippen LogP contribution is -2.47. The van der Waals surface area contributed by atoms with Crippen LogP contribution in [0.1, 0.15) is 39.7 Å². The van der Waals surface area contributed by atoms with Crippen LogP contribution in [0.5, 0.6) is 5.75 Å². The molecule has 2 unspecified atom stereocenters. The minimum atomic E-state index is 0.265. The molecule has 1 saturated heterocycles. The van der Waals surface area contributed by atoms with Crippen LogP contribution in [0.25, 0.3) is 0 Å². The van der Waals surface area contributed by atoms with Crippen LogP contribution >= 0.6 is 0 Å². The summed E-state index contributed by atoms with van der Waals surface area (Å²) < 4.78 is 0. The maximum Gasteiger partial charge on any atom is 0.115 e. The number of nitrogens with zero attached hydrogens (tertiary/aromatic N) is 1. The van der Waals surface area contributed by atoms with E-state index >= 15 is 0 Å². The van der Waals surface area contributed by atoms with Crippen molar-refractivity contribution in [3.05, 3.63) is 29.8 Å². The van der Waals surface area contributed by atoms with Gasteiger partial charge in [0.2, 0.25) is 0 Å². The predicted molar refractivity (Wildman–Crippen MR) is 83.8 cm³/mol. The molecule has 2 rings (SSSR count). The Morgan fingerprint density at radius 2 is 2.10 bits per heavy atom. The molecule has 1 aliphatic heterocycles. The van der Waals surface area contributed by atoms with E-state index in [2.05, 4.69) is 44.0 Å². The fourth-order valence-corrected chi connectivity index (χ4v) is 2.82. The Balaban J connectivity index is 2.11. The Morgan fingerprint density at radius 3 is 2.75 bits per heavy atom. The monoisotopic (exact) mass is 276 g/mol. The summed E-state index contributed by atoms with van der Waals surface area (Å²) in [6.07, 6.45) is 1.17. The van der Waals surface area contributed by atoms with Gasteiger partial charge in [0.15, 0.2) is 0 Å². The van der Waals surface area contributed by atoms with Crippen molar-refractivity contribution in [3.63, 3.8) is 0 Å². The second kappa shape index (κ2) is 6.15. The van der Waals surface area contributed by atoms with E-state index in [0.29, 0.717) is 17.8 Å². The molecule has 0 saturated carbocycles. The molecule has 0 spiro atoms. The first kappa shape index (κ1) is 15.3. The van der Waals surface area contributed by atoms with E-state index < -0.39 is 0 Å². The third kappa shape index (κ3) is 3.97. The number of hydrogen-bond donors (Lipinski definition) is 2. The highest BCUT2D eigenvalue weighted by atomic mass is 16.3. The smallest absolute Gasteiger partial charge is 0.115 e. The van der Waals surface area contributed by atoms with E-state index in [4.69, 9.17) is 0 Å². The lowest BCUT2D eigenvalue weighted by Gasteiger charge is -2.35. The van der Waals surface area contributed by atoms with Crippen LogP contribution < -0.4 is 5.32 Å². The SMILES string of the molecule is CC1CCNC(C(C)(C)C)CN1Cc1cccc(O)c1. The third-order valence-electron chi connectivity index (χ3n) is 4.33. The fourth-order valence-electron chi connectivity index (χ4n) is 2.82. The minimum absolute atomic E-state index is 0.265. The standard InChI is InChI=1S/C17H28N2O/c1-13-8-9-18-16(17(2,3)4)12-19(13)11-14-6-5-7-15(20)10-14/h5-7,10,13,16,18,20H,8-9,11-12H2,1-4H3. The Morgan fingerprint density at radius 1 is 1.35 bits per heavy atom. The average Bonchev–Trinajstić information content (AvgIpc) is 2.52. The number of aromatic hydroxyl groups is 1. The first-order valence-electron chi connectivity index (χ1n) is 7.61. The number of rotatable bonds is 2. The van der Waals surface area contributed by atoms with Crippen LogP contribution in [0.4, 0.5) is 0 Å². The molecule has 112 valence electrons. The van der Waals surface area contributed by atoms with E-state index in [1.807, 2.05) is 12.1 Å². The molecule has 1 aromatic carbocycles. The number of benzene rings is 1. The molecule has 0 bridgehead atoms. The first-order valence-corrected chi connectivity index (χ1v) is 7.61. The van der Waals surface area contributed by atoms with Gasteiger partial charge >= 0.3 is 0 Å². The first-order chi connectivity index (χ1) is 9.36. The van der Waals surface area contributed by atoms with E-state index in [1.54, 1.807) is 6.07 Å². The number of hydrogen-bond acceptors (Lipinski definition) is 3. The zero-order valence-electron chi connectivity index (χ0n) is 13.2. The summed E-state index contributed by atoms with van der Waals surface area (Å²) in [5.41, 5.74) is 1.45. The summed E-state index contributed by atoms with van der Waals surface area (Å²) >= 11 is 0. The normalized spacial score (nSPS) is 25.4. The summed E-state index contributed by atoms with van der Waals surface area (Å²) in [7, 11) is 0. The van der Waals surface area contributed by atoms with E-state index in [-0.39, 0.29) is 5.41 Å². The van der Waals surface area contributed by atoms with Crippen molar-refractivity contribution in [3.8, 4) is 5.75 Å². The molecule has 2 atom stereocenters. The molecule has 1 aliphatic rings. The van der Waals surface area contributed by atoms with Gasteiger partial charge < -0.3 is 10.4 Å². The van der Waals surface area contributed by atoms with Crippen LogP contribution in [0, 0.1) is 5.41 Å². The van der Waals surface area contributed by atoms with Gasteiger partial charge in [0.1, 0.15) is 5.75 Å². The van der Waals surface area contributed by atoms with Crippen LogP contribution in [0.2, 0.25) is 0 Å². The van der Waals surface area contributed by atoms with Gasteiger partial charge in [-0.3, -0.25) is 4.90 Å². The van der Waals surface area contributed by atoms with Crippen molar-refractivity contribution < 1.29 is 5.11 Å². The lowest BCUT2D eigenvalue weighted by molar-refractivity contribution is 0.157. The summed E-state index contributed by atoms with van der Waals surface area (Å²) in [4.78, 5) is 2.53. The number of phenolic OH excluding ortho intramolecular Hbond substituents is 1. The number of nitrogens with one attached hydrogen (secondary N) is 1. The Bertz CT molecular complexity index is 439. The van der Waals surface area contributed by atoms with Gasteiger partial charge in [0.05, 0.1) is 0 Å². The molecule has 20 heavy (non-hydrogen) atoms. The molecule has 0 radical (unpaired) electrons. The maximum atomic E-state index is 9.61. The highest BCUT2D eigenvalue weighted by molar-refractivity contribution is 5.27. The molecule has 0 aromatic heterocycles. The maximum absolute atomic E-state index is 9.61. The van der Waals surface area contributed by atoms with Gasteiger partial charge in [0, 0.05) is 25.2 Å². The molecular formula is C17H28N2O. The Kier molecular flexibility index (Phi) is 4.71. The summed E-state index contributed by atoms with van der Waals surface area (Å²) in [5, 5.41) is 13.3. The summed E-state index contributed by atoms with van der Waals surface area (Å²) in [6.45, 7) is 12.2. The van der Waals surface area contributed by atoms with Crippen LogP contribution in [-0.2, 0) is 6.54 Å². The van der Waals surface area contributed by atoms with Crippen molar-refractivity contribution in [1.29, 1.82) is 0 Å². The molecule has 1 heterocycles. The van der Waals surface area contributed by atoms with Gasteiger partial charge in [-0.15, -0.1) is 0 Å². The topological polar surface area (TPSA) is 35.5 Å². The van der Waals surface area contributed by atoms with Crippen molar-refractivity contribution in [1.82, 2.24) is 10.2 Å². The van der Waals surface area contributed by atoms with Crippen LogP contribution in [-0.4, -0.2) is 35.2 Å².